The smallest absolute Gasteiger partial charge is 0.0547 e. The van der Waals surface area contributed by atoms with E-state index in [9.17, 15) is 0 Å². The molecule has 2 nitrogen and oxygen atoms in total. The van der Waals surface area contributed by atoms with Crippen LogP contribution in [-0.4, -0.2) is 9.13 Å². The number of hydrogen-bond acceptors (Lipinski definition) is 2. The van der Waals surface area contributed by atoms with Gasteiger partial charge in [-0.15, -0.1) is 22.7 Å². The average Bonchev–Trinajstić information content (AvgIpc) is 4.01. The van der Waals surface area contributed by atoms with Gasteiger partial charge in [-0.05, 0) is 110 Å². The second-order valence-electron chi connectivity index (χ2n) is 15.3. The molecule has 60 heavy (non-hydrogen) atoms. The maximum atomic E-state index is 4.42. The predicted octanol–water partition coefficient (Wildman–Crippen LogP) is 17.0. The quantitative estimate of drug-likeness (QED) is 0.129. The Morgan fingerprint density at radius 3 is 2.02 bits per heavy atom. The van der Waals surface area contributed by atoms with Gasteiger partial charge in [0.15, 0.2) is 0 Å². The predicted molar refractivity (Wildman–Crippen MR) is 268 cm³/mol. The van der Waals surface area contributed by atoms with Crippen molar-refractivity contribution in [3.8, 4) is 16.8 Å². The highest BCUT2D eigenvalue weighted by molar-refractivity contribution is 7.26. The van der Waals surface area contributed by atoms with Crippen molar-refractivity contribution in [2.24, 2.45) is 0 Å². The Morgan fingerprint density at radius 1 is 0.633 bits per heavy atom. The molecule has 0 aliphatic rings. The molecule has 0 fully saturated rings. The van der Waals surface area contributed by atoms with Crippen LogP contribution in [0.5, 0.6) is 0 Å². The molecule has 0 atom stereocenters. The van der Waals surface area contributed by atoms with Crippen molar-refractivity contribution in [3.05, 3.63) is 198 Å². The summed E-state index contributed by atoms with van der Waals surface area (Å²) in [4.78, 5) is 1.32. The maximum absolute atomic E-state index is 4.42. The van der Waals surface area contributed by atoms with Gasteiger partial charge in [0.25, 0.3) is 0 Å². The van der Waals surface area contributed by atoms with Crippen LogP contribution in [-0.2, 0) is 0 Å². The Balaban J connectivity index is 1.23. The van der Waals surface area contributed by atoms with Crippen LogP contribution >= 0.6 is 22.7 Å². The molecule has 0 saturated heterocycles. The SMILES string of the molecule is C=C/C=C\C=C(/C)n1c2ccccc2c2ccc(-c3ccc4c(/C=C\C)c(C=C)n(-c5cc(/C(=C/C)c6sc7ccccc7c6C)c6sc7ccccc7c6c5)c4c3)cc21. The van der Waals surface area contributed by atoms with Crippen LogP contribution in [0.2, 0.25) is 0 Å². The van der Waals surface area contributed by atoms with Gasteiger partial charge in [0.05, 0.1) is 22.2 Å². The van der Waals surface area contributed by atoms with E-state index >= 15 is 0 Å². The molecule has 0 saturated carbocycles. The van der Waals surface area contributed by atoms with Crippen LogP contribution < -0.4 is 0 Å². The molecule has 6 aromatic carbocycles. The van der Waals surface area contributed by atoms with Gasteiger partial charge in [0, 0.05) is 68.4 Å². The molecule has 0 aliphatic heterocycles. The number of hydrogen-bond donors (Lipinski definition) is 0. The number of nitrogens with zero attached hydrogens (tertiary/aromatic N) is 2. The van der Waals surface area contributed by atoms with Crippen LogP contribution in [0, 0.1) is 6.92 Å². The van der Waals surface area contributed by atoms with Gasteiger partial charge >= 0.3 is 0 Å². The zero-order valence-corrected chi connectivity index (χ0v) is 35.9. The van der Waals surface area contributed by atoms with Crippen LogP contribution in [0.15, 0.2) is 171 Å². The van der Waals surface area contributed by atoms with Gasteiger partial charge in [-0.25, -0.2) is 0 Å². The summed E-state index contributed by atoms with van der Waals surface area (Å²) in [6, 6.07) is 45.0. The van der Waals surface area contributed by atoms with E-state index in [1.807, 2.05) is 40.9 Å². The molecule has 290 valence electrons. The molecule has 0 amide bonds. The summed E-state index contributed by atoms with van der Waals surface area (Å²) in [6.45, 7) is 17.0. The number of benzene rings is 6. The lowest BCUT2D eigenvalue weighted by Gasteiger charge is -2.15. The third kappa shape index (κ3) is 5.90. The zero-order chi connectivity index (χ0) is 41.1. The number of para-hydroxylation sites is 1. The summed E-state index contributed by atoms with van der Waals surface area (Å²) in [5.74, 6) is 0. The van der Waals surface area contributed by atoms with E-state index in [4.69, 9.17) is 0 Å². The molecular weight excluding hydrogens is 765 g/mol. The highest BCUT2D eigenvalue weighted by atomic mass is 32.1. The molecule has 4 aromatic heterocycles. The molecule has 4 heteroatoms. The van der Waals surface area contributed by atoms with Crippen molar-refractivity contribution in [1.29, 1.82) is 0 Å². The fourth-order valence-electron chi connectivity index (χ4n) is 9.19. The molecule has 0 spiro atoms. The molecular formula is C56H44N2S2. The monoisotopic (exact) mass is 808 g/mol. The van der Waals surface area contributed by atoms with Crippen molar-refractivity contribution < 1.29 is 0 Å². The first kappa shape index (κ1) is 37.5. The van der Waals surface area contributed by atoms with Gasteiger partial charge in [-0.1, -0.05) is 128 Å². The van der Waals surface area contributed by atoms with Crippen LogP contribution in [0.4, 0.5) is 0 Å². The fourth-order valence-corrected chi connectivity index (χ4v) is 11.7. The molecule has 0 radical (unpaired) electrons. The van der Waals surface area contributed by atoms with Gasteiger partial charge in [-0.3, -0.25) is 0 Å². The second kappa shape index (κ2) is 15.1. The number of fused-ring (bicyclic) bond motifs is 8. The minimum absolute atomic E-state index is 1.08. The van der Waals surface area contributed by atoms with Gasteiger partial charge < -0.3 is 9.13 Å². The third-order valence-corrected chi connectivity index (χ3v) is 14.4. The number of aryl methyl sites for hydroxylation is 1. The number of aromatic nitrogens is 2. The van der Waals surface area contributed by atoms with Gasteiger partial charge in [0.2, 0.25) is 0 Å². The van der Waals surface area contributed by atoms with Crippen molar-refractivity contribution in [1.82, 2.24) is 9.13 Å². The molecule has 0 bridgehead atoms. The summed E-state index contributed by atoms with van der Waals surface area (Å²) in [5, 5.41) is 7.55. The Kier molecular flexibility index (Phi) is 9.48. The van der Waals surface area contributed by atoms with Gasteiger partial charge in [-0.2, -0.15) is 0 Å². The van der Waals surface area contributed by atoms with E-state index < -0.39 is 0 Å². The van der Waals surface area contributed by atoms with Crippen LogP contribution in [0.1, 0.15) is 48.0 Å². The van der Waals surface area contributed by atoms with E-state index in [0.29, 0.717) is 0 Å². The van der Waals surface area contributed by atoms with Crippen molar-refractivity contribution in [3.63, 3.8) is 0 Å². The van der Waals surface area contributed by atoms with Gasteiger partial charge in [0.1, 0.15) is 0 Å². The largest absolute Gasteiger partial charge is 0.313 e. The summed E-state index contributed by atoms with van der Waals surface area (Å²) >= 11 is 3.78. The van der Waals surface area contributed by atoms with E-state index in [1.165, 1.54) is 90.2 Å². The van der Waals surface area contributed by atoms with E-state index in [2.05, 4.69) is 202 Å². The van der Waals surface area contributed by atoms with E-state index in [0.717, 1.165) is 28.2 Å². The molecule has 10 aromatic rings. The Hall–Kier alpha value is -6.72. The van der Waals surface area contributed by atoms with Crippen LogP contribution in [0.25, 0.3) is 103 Å². The summed E-state index contributed by atoms with van der Waals surface area (Å²) in [5.41, 5.74) is 14.2. The average molecular weight is 809 g/mol. The second-order valence-corrected chi connectivity index (χ2v) is 17.4. The highest BCUT2D eigenvalue weighted by Gasteiger charge is 2.23. The van der Waals surface area contributed by atoms with Crippen LogP contribution in [0.3, 0.4) is 0 Å². The van der Waals surface area contributed by atoms with E-state index in [1.54, 1.807) is 0 Å². The Morgan fingerprint density at radius 2 is 1.30 bits per heavy atom. The normalized spacial score (nSPS) is 12.9. The first-order valence-corrected chi connectivity index (χ1v) is 22.1. The maximum Gasteiger partial charge on any atom is 0.0547 e. The minimum atomic E-state index is 1.08. The molecule has 0 unspecified atom stereocenters. The lowest BCUT2D eigenvalue weighted by molar-refractivity contribution is 1.11. The van der Waals surface area contributed by atoms with Crippen molar-refractivity contribution in [2.45, 2.75) is 27.7 Å². The first-order chi connectivity index (χ1) is 29.4. The lowest BCUT2D eigenvalue weighted by atomic mass is 9.97. The molecule has 0 aliphatic carbocycles. The third-order valence-electron chi connectivity index (χ3n) is 11.9. The Labute approximate surface area is 359 Å². The summed E-state index contributed by atoms with van der Waals surface area (Å²) in [7, 11) is 0. The topological polar surface area (TPSA) is 9.86 Å². The fraction of sp³-hybridized carbons (Fsp3) is 0.0714. The lowest BCUT2D eigenvalue weighted by Crippen LogP contribution is -1.99. The molecule has 0 N–H and O–H groups in total. The Bertz CT molecular complexity index is 3510. The number of thiophene rings is 2. The number of allylic oxidation sites excluding steroid dienone is 7. The minimum Gasteiger partial charge on any atom is -0.313 e. The summed E-state index contributed by atoms with van der Waals surface area (Å²) < 4.78 is 8.74. The first-order valence-electron chi connectivity index (χ1n) is 20.5. The van der Waals surface area contributed by atoms with E-state index in [-0.39, 0.29) is 0 Å². The number of rotatable bonds is 9. The standard InChI is InChI=1S/C56H44N2S2/c1-7-11-12-20-35(5)57-50-24-16-13-22-43(50)45-30-28-37(31-51(45)57)38-27-29-44-42(19-8-2)49(10-4)58(52(44)32-38)39-33-47(56-48(34-39)46-23-15-18-26-54(46)60-56)40(9-3)55-36(6)41-21-14-17-25-53(41)59-55/h7-34H,1,4H2,2-3,5-6H3/b12-11-,19-8-,35-20+,40-9-. The molecule has 10 rings (SSSR count). The van der Waals surface area contributed by atoms with Crippen molar-refractivity contribution in [2.75, 3.05) is 0 Å². The molecule has 4 heterocycles. The zero-order valence-electron chi connectivity index (χ0n) is 34.3. The summed E-state index contributed by atoms with van der Waals surface area (Å²) in [6.07, 6.45) is 16.7. The van der Waals surface area contributed by atoms with Crippen molar-refractivity contribution >= 4 is 109 Å². The highest BCUT2D eigenvalue weighted by Crippen LogP contribution is 2.46.